The van der Waals surface area contributed by atoms with E-state index >= 15 is 0 Å². The van der Waals surface area contributed by atoms with Crippen molar-refractivity contribution in [1.29, 1.82) is 0 Å². The van der Waals surface area contributed by atoms with Gasteiger partial charge in [0.05, 0.1) is 38.6 Å². The third-order valence-corrected chi connectivity index (χ3v) is 16.4. The Bertz CT molecular complexity index is 1780. The Morgan fingerprint density at radius 2 is 0.812 bits per heavy atom. The van der Waals surface area contributed by atoms with Crippen LogP contribution in [0.2, 0.25) is 0 Å². The van der Waals surface area contributed by atoms with Gasteiger partial charge in [-0.1, -0.05) is 216 Å². The molecule has 3 saturated heterocycles. The molecule has 3 fully saturated rings. The van der Waals surface area contributed by atoms with Crippen LogP contribution in [0.1, 0.15) is 219 Å². The molecule has 17 unspecified atom stereocenters. The maximum Gasteiger partial charge on any atom is 0.220 e. The molecule has 494 valence electrons. The third kappa shape index (κ3) is 31.2. The number of aliphatic hydroxyl groups is 11. The average Bonchev–Trinajstić information content (AvgIpc) is 3.10. The Morgan fingerprint density at radius 3 is 1.27 bits per heavy atom. The summed E-state index contributed by atoms with van der Waals surface area (Å²) >= 11 is 0. The fourth-order valence-corrected chi connectivity index (χ4v) is 11.0. The molecule has 0 saturated carbocycles. The molecule has 17 atom stereocenters. The van der Waals surface area contributed by atoms with Crippen molar-refractivity contribution in [2.75, 3.05) is 26.4 Å². The molecule has 3 aliphatic rings. The average molecular weight is 1210 g/mol. The van der Waals surface area contributed by atoms with E-state index in [2.05, 4.69) is 79.9 Å². The summed E-state index contributed by atoms with van der Waals surface area (Å²) in [7, 11) is 0. The van der Waals surface area contributed by atoms with Crippen LogP contribution in [-0.2, 0) is 33.2 Å². The highest BCUT2D eigenvalue weighted by Crippen LogP contribution is 2.33. The topological polar surface area (TPSA) is 307 Å². The van der Waals surface area contributed by atoms with Crippen LogP contribution in [0.3, 0.4) is 0 Å². The van der Waals surface area contributed by atoms with E-state index in [9.17, 15) is 61.0 Å². The van der Waals surface area contributed by atoms with Gasteiger partial charge in [-0.25, -0.2) is 0 Å². The number of hydrogen-bond acceptors (Lipinski definition) is 18. The van der Waals surface area contributed by atoms with Crippen molar-refractivity contribution in [3.05, 3.63) is 60.8 Å². The number of allylic oxidation sites excluding steroid dienone is 10. The van der Waals surface area contributed by atoms with E-state index in [1.165, 1.54) is 96.3 Å². The molecular weight excluding hydrogens is 1090 g/mol. The number of amides is 1. The van der Waals surface area contributed by atoms with Crippen molar-refractivity contribution in [2.24, 2.45) is 0 Å². The largest absolute Gasteiger partial charge is 0.394 e. The van der Waals surface area contributed by atoms with Crippen LogP contribution in [-0.4, -0.2) is 193 Å². The van der Waals surface area contributed by atoms with Crippen LogP contribution in [0.4, 0.5) is 0 Å². The molecular formula is C66H117NO18. The van der Waals surface area contributed by atoms with Gasteiger partial charge in [0, 0.05) is 6.42 Å². The Balaban J connectivity index is 1.47. The quantitative estimate of drug-likeness (QED) is 0.0206. The minimum Gasteiger partial charge on any atom is -0.394 e. The number of rotatable bonds is 49. The SMILES string of the molecule is CC/C=C\C/C=C\C/C=C\C/C=C\C/C=C\CCCCCCCC(=O)NC(COC1OC(CO)C(OC2OC(CO)C(OC3OC(CO)C(O)C(O)C3O)C(O)C2O)C(O)C1O)C(O)CCCCCCCCCCCCCCCCCCCCC. The van der Waals surface area contributed by atoms with Gasteiger partial charge in [-0.15, -0.1) is 0 Å². The summed E-state index contributed by atoms with van der Waals surface area (Å²) in [5.74, 6) is -0.262. The number of carbonyl (C=O) groups excluding carboxylic acids is 1. The first-order valence-corrected chi connectivity index (χ1v) is 33.0. The summed E-state index contributed by atoms with van der Waals surface area (Å²) in [6.45, 7) is 1.67. The molecule has 0 aromatic carbocycles. The number of nitrogens with one attached hydrogen (secondary N) is 1. The minimum absolute atomic E-state index is 0.242. The van der Waals surface area contributed by atoms with Crippen LogP contribution in [0, 0.1) is 0 Å². The van der Waals surface area contributed by atoms with Crippen molar-refractivity contribution in [3.8, 4) is 0 Å². The first-order chi connectivity index (χ1) is 41.3. The summed E-state index contributed by atoms with van der Waals surface area (Å²) in [5.41, 5.74) is 0. The third-order valence-electron chi connectivity index (χ3n) is 16.4. The molecule has 0 aliphatic carbocycles. The standard InChI is InChI=1S/C66H117NO18/c1-3-5-7-9-11-13-15-17-19-21-23-24-26-28-30-32-34-36-38-40-42-44-54(72)67-49(50(71)43-41-39-37-35-33-31-29-27-25-22-20-18-16-14-12-10-8-6-4-2)48-80-64-60(78)57(75)62(52(46-69)82-64)85-66-61(79)58(76)63(53(47-70)83-66)84-65-59(77)56(74)55(73)51(45-68)81-65/h5,7,11,13,17,19,23-24,28,30,49-53,55-66,68-71,73-79H,3-4,6,8-10,12,14-16,18,20-22,25-27,29,31-48H2,1-2H3,(H,67,72)/b7-5-,13-11-,19-17-,24-23-,30-28-. The molecule has 1 amide bonds. The predicted octanol–water partition coefficient (Wildman–Crippen LogP) is 7.60. The Labute approximate surface area is 509 Å². The lowest BCUT2D eigenvalue weighted by Crippen LogP contribution is -2.66. The fourth-order valence-electron chi connectivity index (χ4n) is 11.0. The predicted molar refractivity (Wildman–Crippen MR) is 328 cm³/mol. The van der Waals surface area contributed by atoms with Gasteiger partial charge < -0.3 is 89.9 Å². The number of unbranched alkanes of at least 4 members (excludes halogenated alkanes) is 23. The molecule has 0 spiro atoms. The second kappa shape index (κ2) is 48.4. The van der Waals surface area contributed by atoms with E-state index in [1.54, 1.807) is 0 Å². The van der Waals surface area contributed by atoms with Gasteiger partial charge in [0.2, 0.25) is 5.91 Å². The summed E-state index contributed by atoms with van der Waals surface area (Å²) < 4.78 is 34.4. The lowest BCUT2D eigenvalue weighted by Gasteiger charge is -2.48. The van der Waals surface area contributed by atoms with Gasteiger partial charge in [-0.3, -0.25) is 4.79 Å². The maximum absolute atomic E-state index is 13.4. The molecule has 0 aromatic heterocycles. The second-order valence-electron chi connectivity index (χ2n) is 23.6. The minimum atomic E-state index is -1.98. The van der Waals surface area contributed by atoms with E-state index in [4.69, 9.17) is 28.4 Å². The number of ether oxygens (including phenoxy) is 6. The zero-order valence-electron chi connectivity index (χ0n) is 51.8. The van der Waals surface area contributed by atoms with Crippen molar-refractivity contribution >= 4 is 5.91 Å². The van der Waals surface area contributed by atoms with Gasteiger partial charge >= 0.3 is 0 Å². The molecule has 3 rings (SSSR count). The first-order valence-electron chi connectivity index (χ1n) is 33.0. The van der Waals surface area contributed by atoms with E-state index in [1.807, 2.05) is 0 Å². The van der Waals surface area contributed by atoms with Crippen molar-refractivity contribution in [2.45, 2.75) is 324 Å². The van der Waals surface area contributed by atoms with Gasteiger partial charge in [-0.05, 0) is 57.8 Å². The number of carbonyl (C=O) groups is 1. The Morgan fingerprint density at radius 1 is 0.435 bits per heavy atom. The number of aliphatic hydroxyl groups excluding tert-OH is 11. The lowest BCUT2D eigenvalue weighted by atomic mass is 9.96. The summed E-state index contributed by atoms with van der Waals surface area (Å²) in [6, 6.07) is -0.901. The highest BCUT2D eigenvalue weighted by molar-refractivity contribution is 5.76. The molecule has 3 aliphatic heterocycles. The van der Waals surface area contributed by atoms with Gasteiger partial charge in [0.15, 0.2) is 18.9 Å². The van der Waals surface area contributed by atoms with Crippen molar-refractivity contribution < 1.29 is 89.4 Å². The Hall–Kier alpha value is -2.51. The van der Waals surface area contributed by atoms with Crippen LogP contribution in [0.15, 0.2) is 60.8 Å². The fraction of sp³-hybridized carbons (Fsp3) is 0.833. The zero-order valence-corrected chi connectivity index (χ0v) is 51.8. The van der Waals surface area contributed by atoms with E-state index in [0.717, 1.165) is 89.9 Å². The van der Waals surface area contributed by atoms with Gasteiger partial charge in [0.1, 0.15) is 73.2 Å². The summed E-state index contributed by atoms with van der Waals surface area (Å²) in [4.78, 5) is 13.4. The van der Waals surface area contributed by atoms with Gasteiger partial charge in [0.25, 0.3) is 0 Å². The van der Waals surface area contributed by atoms with E-state index < -0.39 is 124 Å². The molecule has 12 N–H and O–H groups in total. The van der Waals surface area contributed by atoms with E-state index in [-0.39, 0.29) is 18.9 Å². The molecule has 0 aromatic rings. The highest BCUT2D eigenvalue weighted by atomic mass is 16.8. The Kier molecular flexibility index (Phi) is 43.7. The monoisotopic (exact) mass is 1210 g/mol. The second-order valence-corrected chi connectivity index (χ2v) is 23.6. The molecule has 19 heteroatoms. The van der Waals surface area contributed by atoms with Crippen LogP contribution in [0.25, 0.3) is 0 Å². The van der Waals surface area contributed by atoms with Crippen LogP contribution < -0.4 is 5.32 Å². The normalized spacial score (nSPS) is 29.4. The van der Waals surface area contributed by atoms with E-state index in [0.29, 0.717) is 12.8 Å². The maximum atomic E-state index is 13.4. The molecule has 3 heterocycles. The first kappa shape index (κ1) is 76.7. The molecule has 0 bridgehead atoms. The van der Waals surface area contributed by atoms with Gasteiger partial charge in [-0.2, -0.15) is 0 Å². The van der Waals surface area contributed by atoms with Crippen LogP contribution in [0.5, 0.6) is 0 Å². The summed E-state index contributed by atoms with van der Waals surface area (Å²) in [6.07, 6.45) is 30.0. The lowest BCUT2D eigenvalue weighted by molar-refractivity contribution is -0.379. The van der Waals surface area contributed by atoms with Crippen molar-refractivity contribution in [1.82, 2.24) is 5.32 Å². The smallest absolute Gasteiger partial charge is 0.220 e. The molecule has 19 nitrogen and oxygen atoms in total. The summed E-state index contributed by atoms with van der Waals surface area (Å²) in [5, 5.41) is 121. The zero-order chi connectivity index (χ0) is 61.9. The van der Waals surface area contributed by atoms with Crippen molar-refractivity contribution in [3.63, 3.8) is 0 Å². The van der Waals surface area contributed by atoms with Crippen LogP contribution >= 0.6 is 0 Å². The number of hydrogen-bond donors (Lipinski definition) is 12. The molecule has 85 heavy (non-hydrogen) atoms. The molecule has 0 radical (unpaired) electrons. The highest BCUT2D eigenvalue weighted by Gasteiger charge is 2.53.